The molecule has 0 unspecified atom stereocenters. The van der Waals surface area contributed by atoms with Crippen LogP contribution in [0.1, 0.15) is 30.4 Å². The number of aryl methyl sites for hydroxylation is 1. The molecule has 0 aliphatic heterocycles. The molecule has 1 aromatic rings. The molecule has 0 spiro atoms. The molecule has 0 bridgehead atoms. The minimum absolute atomic E-state index is 0.875. The van der Waals surface area contributed by atoms with Gasteiger partial charge in [-0.3, -0.25) is 0 Å². The second-order valence-electron chi connectivity index (χ2n) is 4.02. The highest BCUT2D eigenvalue weighted by Crippen LogP contribution is 2.17. The maximum atomic E-state index is 6.15. The summed E-state index contributed by atoms with van der Waals surface area (Å²) in [7, 11) is 0. The fourth-order valence-electron chi connectivity index (χ4n) is 1.54. The topological polar surface area (TPSA) is 12.0 Å². The van der Waals surface area contributed by atoms with Crippen LogP contribution in [0.2, 0.25) is 5.02 Å². The van der Waals surface area contributed by atoms with Crippen LogP contribution < -0.4 is 5.32 Å². The first-order valence-electron chi connectivity index (χ1n) is 5.75. The Morgan fingerprint density at radius 2 is 2.06 bits per heavy atom. The number of alkyl halides is 1. The minimum atomic E-state index is 0.875. The maximum absolute atomic E-state index is 6.15. The average Bonchev–Trinajstić information content (AvgIpc) is 2.26. The van der Waals surface area contributed by atoms with E-state index in [1.165, 1.54) is 34.8 Å². The third-order valence-electron chi connectivity index (χ3n) is 2.51. The quantitative estimate of drug-likeness (QED) is 0.438. The molecule has 0 radical (unpaired) electrons. The Morgan fingerprint density at radius 3 is 2.75 bits per heavy atom. The molecule has 0 aliphatic rings. The van der Waals surface area contributed by atoms with E-state index in [1.807, 2.05) is 6.07 Å². The van der Waals surface area contributed by atoms with Crippen LogP contribution in [0.5, 0.6) is 0 Å². The molecule has 0 saturated carbocycles. The van der Waals surface area contributed by atoms with Crippen LogP contribution in [0.4, 0.5) is 0 Å². The highest BCUT2D eigenvalue weighted by Gasteiger charge is 1.99. The van der Waals surface area contributed by atoms with Gasteiger partial charge >= 0.3 is 0 Å². The Morgan fingerprint density at radius 1 is 1.25 bits per heavy atom. The maximum Gasteiger partial charge on any atom is 0.0453 e. The predicted octanol–water partition coefficient (Wildman–Crippen LogP) is 4.34. The molecule has 0 fully saturated rings. The van der Waals surface area contributed by atoms with E-state index in [2.05, 4.69) is 47.0 Å². The summed E-state index contributed by atoms with van der Waals surface area (Å²) < 4.78 is 1.27. The first kappa shape index (κ1) is 14.3. The highest BCUT2D eigenvalue weighted by molar-refractivity contribution is 14.1. The zero-order chi connectivity index (χ0) is 11.8. The Kier molecular flexibility index (Phi) is 7.41. The fourth-order valence-corrected chi connectivity index (χ4v) is 2.38. The smallest absolute Gasteiger partial charge is 0.0453 e. The van der Waals surface area contributed by atoms with Crippen molar-refractivity contribution in [1.82, 2.24) is 5.32 Å². The Labute approximate surface area is 117 Å². The first-order valence-corrected chi connectivity index (χ1v) is 7.66. The van der Waals surface area contributed by atoms with Crippen molar-refractivity contribution in [2.24, 2.45) is 0 Å². The molecule has 0 saturated heterocycles. The summed E-state index contributed by atoms with van der Waals surface area (Å²) in [5, 5.41) is 4.31. The minimum Gasteiger partial charge on any atom is -0.313 e. The largest absolute Gasteiger partial charge is 0.313 e. The number of unbranched alkanes of at least 4 members (excludes halogenated alkanes) is 2. The third kappa shape index (κ3) is 5.51. The van der Waals surface area contributed by atoms with Gasteiger partial charge in [0.05, 0.1) is 0 Å². The van der Waals surface area contributed by atoms with E-state index >= 15 is 0 Å². The molecule has 0 heterocycles. The van der Waals surface area contributed by atoms with E-state index in [9.17, 15) is 0 Å². The third-order valence-corrected chi connectivity index (χ3v) is 3.63. The number of hydrogen-bond donors (Lipinski definition) is 1. The molecule has 0 aromatic heterocycles. The van der Waals surface area contributed by atoms with Gasteiger partial charge in [0.15, 0.2) is 0 Å². The van der Waals surface area contributed by atoms with Crippen LogP contribution in [-0.4, -0.2) is 11.0 Å². The van der Waals surface area contributed by atoms with Crippen molar-refractivity contribution in [3.05, 3.63) is 34.3 Å². The summed E-state index contributed by atoms with van der Waals surface area (Å²) >= 11 is 8.58. The summed E-state index contributed by atoms with van der Waals surface area (Å²) in [6.45, 7) is 4.03. The van der Waals surface area contributed by atoms with Gasteiger partial charge in [-0.1, -0.05) is 52.7 Å². The lowest BCUT2D eigenvalue weighted by Crippen LogP contribution is -2.14. The van der Waals surface area contributed by atoms with Crippen molar-refractivity contribution < 1.29 is 0 Å². The summed E-state index contributed by atoms with van der Waals surface area (Å²) in [6, 6.07) is 6.24. The van der Waals surface area contributed by atoms with Gasteiger partial charge < -0.3 is 5.32 Å². The normalized spacial score (nSPS) is 10.7. The highest BCUT2D eigenvalue weighted by atomic mass is 127. The van der Waals surface area contributed by atoms with Crippen molar-refractivity contribution in [3.63, 3.8) is 0 Å². The standard InChI is InChI=1S/C13H19ClIN/c1-11-5-6-12(13(14)9-11)10-16-8-4-2-3-7-15/h5-6,9,16H,2-4,7-8,10H2,1H3. The van der Waals surface area contributed by atoms with E-state index < -0.39 is 0 Å². The summed E-state index contributed by atoms with van der Waals surface area (Å²) in [4.78, 5) is 0. The molecular weight excluding hydrogens is 333 g/mol. The molecule has 0 atom stereocenters. The molecule has 1 aromatic carbocycles. The van der Waals surface area contributed by atoms with Gasteiger partial charge in [-0.2, -0.15) is 0 Å². The second kappa shape index (κ2) is 8.31. The van der Waals surface area contributed by atoms with Crippen molar-refractivity contribution in [2.75, 3.05) is 11.0 Å². The van der Waals surface area contributed by atoms with Crippen molar-refractivity contribution >= 4 is 34.2 Å². The zero-order valence-electron chi connectivity index (χ0n) is 9.73. The number of benzene rings is 1. The van der Waals surface area contributed by atoms with Gasteiger partial charge in [0.25, 0.3) is 0 Å². The van der Waals surface area contributed by atoms with Gasteiger partial charge in [0.1, 0.15) is 0 Å². The molecule has 90 valence electrons. The van der Waals surface area contributed by atoms with E-state index in [4.69, 9.17) is 11.6 Å². The molecule has 16 heavy (non-hydrogen) atoms. The second-order valence-corrected chi connectivity index (χ2v) is 5.51. The van der Waals surface area contributed by atoms with Crippen LogP contribution >= 0.6 is 34.2 Å². The molecule has 0 amide bonds. The van der Waals surface area contributed by atoms with Crippen LogP contribution in [0.3, 0.4) is 0 Å². The fraction of sp³-hybridized carbons (Fsp3) is 0.538. The number of hydrogen-bond acceptors (Lipinski definition) is 1. The molecule has 1 rings (SSSR count). The van der Waals surface area contributed by atoms with Crippen LogP contribution in [-0.2, 0) is 6.54 Å². The molecule has 0 aliphatic carbocycles. The van der Waals surface area contributed by atoms with E-state index in [0.29, 0.717) is 0 Å². The number of nitrogens with one attached hydrogen (secondary N) is 1. The molecule has 1 nitrogen and oxygen atoms in total. The summed E-state index contributed by atoms with van der Waals surface area (Å²) in [6.07, 6.45) is 3.90. The van der Waals surface area contributed by atoms with Crippen molar-refractivity contribution in [2.45, 2.75) is 32.7 Å². The van der Waals surface area contributed by atoms with Gasteiger partial charge in [0.2, 0.25) is 0 Å². The van der Waals surface area contributed by atoms with E-state index in [1.54, 1.807) is 0 Å². The number of halogens is 2. The van der Waals surface area contributed by atoms with Gasteiger partial charge in [-0.05, 0) is 47.9 Å². The lowest BCUT2D eigenvalue weighted by molar-refractivity contribution is 0.620. The SMILES string of the molecule is Cc1ccc(CNCCCCCI)c(Cl)c1. The van der Waals surface area contributed by atoms with Gasteiger partial charge in [0, 0.05) is 11.6 Å². The van der Waals surface area contributed by atoms with Crippen molar-refractivity contribution in [3.8, 4) is 0 Å². The molecular formula is C13H19ClIN. The number of rotatable bonds is 7. The molecule has 3 heteroatoms. The Hall–Kier alpha value is 0.200. The van der Waals surface area contributed by atoms with Gasteiger partial charge in [-0.15, -0.1) is 0 Å². The van der Waals surface area contributed by atoms with Crippen LogP contribution in [0.25, 0.3) is 0 Å². The Balaban J connectivity index is 2.21. The Bertz CT molecular complexity index is 315. The summed E-state index contributed by atoms with van der Waals surface area (Å²) in [5.41, 5.74) is 2.41. The van der Waals surface area contributed by atoms with Gasteiger partial charge in [-0.25, -0.2) is 0 Å². The monoisotopic (exact) mass is 351 g/mol. The molecule has 1 N–H and O–H groups in total. The zero-order valence-corrected chi connectivity index (χ0v) is 12.6. The van der Waals surface area contributed by atoms with Crippen LogP contribution in [0, 0.1) is 6.92 Å². The average molecular weight is 352 g/mol. The lowest BCUT2D eigenvalue weighted by atomic mass is 10.1. The predicted molar refractivity (Wildman–Crippen MR) is 80.6 cm³/mol. The van der Waals surface area contributed by atoms with E-state index in [-0.39, 0.29) is 0 Å². The van der Waals surface area contributed by atoms with Crippen LogP contribution in [0.15, 0.2) is 18.2 Å². The van der Waals surface area contributed by atoms with E-state index in [0.717, 1.165) is 18.1 Å². The first-order chi connectivity index (χ1) is 7.74. The van der Waals surface area contributed by atoms with Crippen molar-refractivity contribution in [1.29, 1.82) is 0 Å². The summed E-state index contributed by atoms with van der Waals surface area (Å²) in [5.74, 6) is 0. The lowest BCUT2D eigenvalue weighted by Gasteiger charge is -2.07.